The third-order valence-corrected chi connectivity index (χ3v) is 3.67. The molecule has 0 radical (unpaired) electrons. The van der Waals surface area contributed by atoms with Crippen molar-refractivity contribution in [2.45, 2.75) is 52.0 Å². The van der Waals surface area contributed by atoms with Gasteiger partial charge < -0.3 is 9.80 Å². The van der Waals surface area contributed by atoms with Crippen LogP contribution in [-0.4, -0.2) is 49.1 Å². The van der Waals surface area contributed by atoms with Crippen LogP contribution in [0.25, 0.3) is 0 Å². The highest BCUT2D eigenvalue weighted by atomic mass is 15.2. The lowest BCUT2D eigenvalue weighted by Gasteiger charge is -2.27. The van der Waals surface area contributed by atoms with Crippen molar-refractivity contribution in [2.24, 2.45) is 0 Å². The molecule has 1 unspecified atom stereocenters. The van der Waals surface area contributed by atoms with Crippen LogP contribution in [0, 0.1) is 0 Å². The van der Waals surface area contributed by atoms with Gasteiger partial charge in [-0.15, -0.1) is 0 Å². The summed E-state index contributed by atoms with van der Waals surface area (Å²) < 4.78 is 0. The molecule has 2 nitrogen and oxygen atoms in total. The Hall–Kier alpha value is -0.0800. The van der Waals surface area contributed by atoms with Crippen molar-refractivity contribution < 1.29 is 0 Å². The maximum Gasteiger partial charge on any atom is 0.0220 e. The largest absolute Gasteiger partial charge is 0.302 e. The summed E-state index contributed by atoms with van der Waals surface area (Å²) in [5.74, 6) is 0. The van der Waals surface area contributed by atoms with Crippen molar-refractivity contribution in [2.75, 3.05) is 33.2 Å². The van der Waals surface area contributed by atoms with Crippen molar-refractivity contribution >= 4 is 0 Å². The van der Waals surface area contributed by atoms with E-state index < -0.39 is 0 Å². The van der Waals surface area contributed by atoms with Crippen LogP contribution < -0.4 is 0 Å². The first-order valence-corrected chi connectivity index (χ1v) is 6.70. The normalized spacial score (nSPS) is 22.8. The van der Waals surface area contributed by atoms with E-state index in [1.807, 2.05) is 0 Å². The summed E-state index contributed by atoms with van der Waals surface area (Å²) in [7, 11) is 2.28. The van der Waals surface area contributed by atoms with Crippen molar-refractivity contribution in [3.63, 3.8) is 0 Å². The van der Waals surface area contributed by atoms with E-state index in [-0.39, 0.29) is 0 Å². The molecule has 0 amide bonds. The molecule has 1 aliphatic rings. The van der Waals surface area contributed by atoms with Gasteiger partial charge in [0.25, 0.3) is 0 Å². The maximum absolute atomic E-state index is 2.63. The van der Waals surface area contributed by atoms with E-state index in [1.165, 1.54) is 58.3 Å². The highest BCUT2D eigenvalue weighted by Gasteiger charge is 2.22. The third-order valence-electron chi connectivity index (χ3n) is 3.67. The molecule has 1 rings (SSSR count). The number of hydrogen-bond acceptors (Lipinski definition) is 2. The van der Waals surface area contributed by atoms with Gasteiger partial charge >= 0.3 is 0 Å². The standard InChI is InChI=1S/C13H28N2/c1-4-6-7-11-15(5-2)12-13-9-8-10-14(13)3/h13H,4-12H2,1-3H3. The fourth-order valence-electron chi connectivity index (χ4n) is 2.47. The topological polar surface area (TPSA) is 6.48 Å². The Bertz CT molecular complexity index is 159. The molecule has 0 aromatic rings. The highest BCUT2D eigenvalue weighted by molar-refractivity contribution is 4.79. The van der Waals surface area contributed by atoms with Crippen LogP contribution in [0.1, 0.15) is 46.0 Å². The fraction of sp³-hybridized carbons (Fsp3) is 1.00. The molecule has 90 valence electrons. The Balaban J connectivity index is 2.20. The van der Waals surface area contributed by atoms with Crippen molar-refractivity contribution in [1.29, 1.82) is 0 Å². The Kier molecular flexibility index (Phi) is 6.26. The second-order valence-electron chi connectivity index (χ2n) is 4.88. The monoisotopic (exact) mass is 212 g/mol. The van der Waals surface area contributed by atoms with E-state index >= 15 is 0 Å². The van der Waals surface area contributed by atoms with E-state index in [4.69, 9.17) is 0 Å². The molecular weight excluding hydrogens is 184 g/mol. The lowest BCUT2D eigenvalue weighted by Crippen LogP contribution is -2.38. The molecule has 1 fully saturated rings. The van der Waals surface area contributed by atoms with E-state index in [0.717, 1.165) is 6.04 Å². The third kappa shape index (κ3) is 4.52. The SMILES string of the molecule is CCCCCN(CC)CC1CCCN1C. The first-order chi connectivity index (χ1) is 7.27. The van der Waals surface area contributed by atoms with Crippen LogP contribution >= 0.6 is 0 Å². The Morgan fingerprint density at radius 3 is 2.60 bits per heavy atom. The average molecular weight is 212 g/mol. The summed E-state index contributed by atoms with van der Waals surface area (Å²) in [5, 5.41) is 0. The van der Waals surface area contributed by atoms with Gasteiger partial charge in [0.05, 0.1) is 0 Å². The van der Waals surface area contributed by atoms with Crippen LogP contribution in [0.3, 0.4) is 0 Å². The summed E-state index contributed by atoms with van der Waals surface area (Å²) in [5.41, 5.74) is 0. The van der Waals surface area contributed by atoms with E-state index in [9.17, 15) is 0 Å². The molecule has 0 N–H and O–H groups in total. The van der Waals surface area contributed by atoms with Gasteiger partial charge in [0.2, 0.25) is 0 Å². The maximum atomic E-state index is 2.63. The molecule has 0 spiro atoms. The predicted molar refractivity (Wildman–Crippen MR) is 67.3 cm³/mol. The summed E-state index contributed by atoms with van der Waals surface area (Å²) in [6.45, 7) is 9.68. The summed E-state index contributed by atoms with van der Waals surface area (Å²) in [6, 6.07) is 0.826. The van der Waals surface area contributed by atoms with Crippen LogP contribution in [0.15, 0.2) is 0 Å². The van der Waals surface area contributed by atoms with E-state index in [2.05, 4.69) is 30.7 Å². The number of likely N-dealkylation sites (tertiary alicyclic amines) is 1. The molecule has 0 aliphatic carbocycles. The Labute approximate surface area is 95.6 Å². The summed E-state index contributed by atoms with van der Waals surface area (Å²) in [4.78, 5) is 5.16. The van der Waals surface area contributed by atoms with Gasteiger partial charge in [0.1, 0.15) is 0 Å². The van der Waals surface area contributed by atoms with Gasteiger partial charge in [-0.1, -0.05) is 26.7 Å². The van der Waals surface area contributed by atoms with Gasteiger partial charge in [0, 0.05) is 12.6 Å². The van der Waals surface area contributed by atoms with Crippen molar-refractivity contribution in [3.8, 4) is 0 Å². The lowest BCUT2D eigenvalue weighted by atomic mass is 10.2. The minimum absolute atomic E-state index is 0.826. The molecule has 1 aliphatic heterocycles. The van der Waals surface area contributed by atoms with E-state index in [0.29, 0.717) is 0 Å². The first kappa shape index (κ1) is 13.0. The molecule has 1 heterocycles. The smallest absolute Gasteiger partial charge is 0.0220 e. The van der Waals surface area contributed by atoms with Crippen LogP contribution in [0.2, 0.25) is 0 Å². The number of unbranched alkanes of at least 4 members (excludes halogenated alkanes) is 2. The Morgan fingerprint density at radius 1 is 1.27 bits per heavy atom. The van der Waals surface area contributed by atoms with E-state index in [1.54, 1.807) is 0 Å². The van der Waals surface area contributed by atoms with Gasteiger partial charge in [0.15, 0.2) is 0 Å². The first-order valence-electron chi connectivity index (χ1n) is 6.70. The van der Waals surface area contributed by atoms with Gasteiger partial charge in [-0.25, -0.2) is 0 Å². The zero-order chi connectivity index (χ0) is 11.1. The molecule has 0 saturated carbocycles. The molecule has 0 aromatic carbocycles. The molecule has 1 atom stereocenters. The molecule has 0 bridgehead atoms. The fourth-order valence-corrected chi connectivity index (χ4v) is 2.47. The molecule has 2 heteroatoms. The van der Waals surface area contributed by atoms with Gasteiger partial charge in [-0.2, -0.15) is 0 Å². The number of hydrogen-bond donors (Lipinski definition) is 0. The highest BCUT2D eigenvalue weighted by Crippen LogP contribution is 2.16. The minimum Gasteiger partial charge on any atom is -0.302 e. The molecule has 1 saturated heterocycles. The van der Waals surface area contributed by atoms with Crippen molar-refractivity contribution in [1.82, 2.24) is 9.80 Å². The number of rotatable bonds is 7. The van der Waals surface area contributed by atoms with Crippen LogP contribution in [0.5, 0.6) is 0 Å². The van der Waals surface area contributed by atoms with Crippen molar-refractivity contribution in [3.05, 3.63) is 0 Å². The summed E-state index contributed by atoms with van der Waals surface area (Å²) in [6.07, 6.45) is 6.90. The van der Waals surface area contributed by atoms with Crippen LogP contribution in [-0.2, 0) is 0 Å². The minimum atomic E-state index is 0.826. The summed E-state index contributed by atoms with van der Waals surface area (Å²) >= 11 is 0. The Morgan fingerprint density at radius 2 is 2.07 bits per heavy atom. The second-order valence-corrected chi connectivity index (χ2v) is 4.88. The molecule has 15 heavy (non-hydrogen) atoms. The number of nitrogens with zero attached hydrogens (tertiary/aromatic N) is 2. The van der Waals surface area contributed by atoms with Gasteiger partial charge in [-0.05, 0) is 45.9 Å². The molecular formula is C13H28N2. The zero-order valence-electron chi connectivity index (χ0n) is 10.8. The predicted octanol–water partition coefficient (Wildman–Crippen LogP) is 2.59. The lowest BCUT2D eigenvalue weighted by molar-refractivity contribution is 0.197. The average Bonchev–Trinajstić information content (AvgIpc) is 2.63. The molecule has 0 aromatic heterocycles. The van der Waals surface area contributed by atoms with Gasteiger partial charge in [-0.3, -0.25) is 0 Å². The number of likely N-dealkylation sites (N-methyl/N-ethyl adjacent to an activating group) is 2. The quantitative estimate of drug-likeness (QED) is 0.599. The zero-order valence-corrected chi connectivity index (χ0v) is 10.8. The van der Waals surface area contributed by atoms with Crippen LogP contribution in [0.4, 0.5) is 0 Å². The second kappa shape index (κ2) is 7.24.